The van der Waals surface area contributed by atoms with E-state index in [0.29, 0.717) is 52.3 Å². The zero-order valence-corrected chi connectivity index (χ0v) is 20.0. The van der Waals surface area contributed by atoms with Gasteiger partial charge in [0.25, 0.3) is 0 Å². The first-order chi connectivity index (χ1) is 16.9. The van der Waals surface area contributed by atoms with Crippen LogP contribution in [0.4, 0.5) is 11.6 Å². The van der Waals surface area contributed by atoms with Gasteiger partial charge in [-0.15, -0.1) is 0 Å². The van der Waals surface area contributed by atoms with Crippen molar-refractivity contribution < 1.29 is 14.1 Å². The van der Waals surface area contributed by atoms with Crippen LogP contribution in [0, 0.1) is 12.3 Å². The van der Waals surface area contributed by atoms with Crippen molar-refractivity contribution in [3.63, 3.8) is 0 Å². The second kappa shape index (κ2) is 10.6. The van der Waals surface area contributed by atoms with Gasteiger partial charge in [-0.25, -0.2) is 9.97 Å². The first-order valence-corrected chi connectivity index (χ1v) is 11.5. The predicted octanol–water partition coefficient (Wildman–Crippen LogP) is 3.59. The summed E-state index contributed by atoms with van der Waals surface area (Å²) in [4.78, 5) is 22.2. The van der Waals surface area contributed by atoms with Gasteiger partial charge >= 0.3 is 0 Å². The van der Waals surface area contributed by atoms with Crippen LogP contribution >= 0.6 is 11.6 Å². The van der Waals surface area contributed by atoms with Gasteiger partial charge in [0, 0.05) is 30.8 Å². The summed E-state index contributed by atoms with van der Waals surface area (Å²) in [7, 11) is 0. The van der Waals surface area contributed by atoms with Crippen LogP contribution in [0.25, 0.3) is 0 Å². The molecule has 1 saturated heterocycles. The van der Waals surface area contributed by atoms with Crippen molar-refractivity contribution in [2.45, 2.75) is 32.4 Å². The maximum absolute atomic E-state index is 12.0. The van der Waals surface area contributed by atoms with Crippen LogP contribution in [0.1, 0.15) is 35.4 Å². The normalized spacial score (nSPS) is 15.5. The molecule has 1 aliphatic rings. The predicted molar refractivity (Wildman–Crippen MR) is 133 cm³/mol. The zero-order valence-electron chi connectivity index (χ0n) is 19.3. The molecule has 3 aromatic rings. The number of piperidine rings is 1. The van der Waals surface area contributed by atoms with Gasteiger partial charge < -0.3 is 25.2 Å². The van der Waals surface area contributed by atoms with Crippen molar-refractivity contribution in [1.29, 1.82) is 5.41 Å². The Morgan fingerprint density at radius 2 is 2.26 bits per heavy atom. The summed E-state index contributed by atoms with van der Waals surface area (Å²) in [6.07, 6.45) is 4.35. The first-order valence-electron chi connectivity index (χ1n) is 11.1. The van der Waals surface area contributed by atoms with Crippen LogP contribution in [0.15, 0.2) is 47.8 Å². The molecule has 1 atom stereocenters. The van der Waals surface area contributed by atoms with Crippen molar-refractivity contribution in [1.82, 2.24) is 20.0 Å². The number of aromatic nitrogens is 3. The highest BCUT2D eigenvalue weighted by atomic mass is 35.5. The Hall–Kier alpha value is -3.92. The lowest BCUT2D eigenvalue weighted by molar-refractivity contribution is -0.127. The van der Waals surface area contributed by atoms with Crippen LogP contribution in [0.3, 0.4) is 0 Å². The van der Waals surface area contributed by atoms with Crippen molar-refractivity contribution in [2.75, 3.05) is 24.1 Å². The number of ether oxygens (including phenoxy) is 1. The molecule has 11 heteroatoms. The fraction of sp³-hybridized carbons (Fsp3) is 0.292. The smallest absolute Gasteiger partial charge is 0.246 e. The standard InChI is InChI=1S/C24H26ClN7O3/c1-3-20(33)32-8-4-5-16(11-32)30-24-21(23(27)28-13-29-24)22(26)15-6-7-19(18(25)10-15)34-12-17-9-14(2)35-31-17/h3,6-7,9-10,13,16,26H,1,4-5,8,11-12H2,2H3,(H3,27,28,29,30). The number of hydrogen-bond donors (Lipinski definition) is 3. The van der Waals surface area contributed by atoms with Crippen molar-refractivity contribution in [3.05, 3.63) is 70.9 Å². The van der Waals surface area contributed by atoms with Gasteiger partial charge in [0.15, 0.2) is 0 Å². The SMILES string of the molecule is C=CC(=O)N1CCCC(Nc2ncnc(N)c2C(=N)c2ccc(OCc3cc(C)on3)c(Cl)c2)C1. The van der Waals surface area contributed by atoms with Gasteiger partial charge in [-0.2, -0.15) is 0 Å². The van der Waals surface area contributed by atoms with Crippen molar-refractivity contribution >= 4 is 34.9 Å². The Bertz CT molecular complexity index is 1260. The number of hydrogen-bond acceptors (Lipinski definition) is 9. The fourth-order valence-electron chi connectivity index (χ4n) is 3.93. The third-order valence-electron chi connectivity index (χ3n) is 5.65. The molecule has 10 nitrogen and oxygen atoms in total. The molecule has 0 bridgehead atoms. The van der Waals surface area contributed by atoms with Gasteiger partial charge in [-0.05, 0) is 44.0 Å². The Labute approximate surface area is 207 Å². The van der Waals surface area contributed by atoms with E-state index in [1.54, 1.807) is 36.1 Å². The summed E-state index contributed by atoms with van der Waals surface area (Å²) < 4.78 is 10.8. The minimum absolute atomic E-state index is 0.0481. The molecule has 0 aliphatic carbocycles. The van der Waals surface area contributed by atoms with E-state index in [4.69, 9.17) is 32.0 Å². The van der Waals surface area contributed by atoms with E-state index >= 15 is 0 Å². The number of rotatable bonds is 8. The molecule has 1 aromatic carbocycles. The zero-order chi connectivity index (χ0) is 24.9. The largest absolute Gasteiger partial charge is 0.486 e. The molecule has 182 valence electrons. The van der Waals surface area contributed by atoms with E-state index in [1.807, 2.05) is 0 Å². The Morgan fingerprint density at radius 1 is 1.43 bits per heavy atom. The van der Waals surface area contributed by atoms with E-state index in [0.717, 1.165) is 12.8 Å². The molecule has 4 N–H and O–H groups in total. The molecule has 1 unspecified atom stereocenters. The summed E-state index contributed by atoms with van der Waals surface area (Å²) in [6.45, 7) is 6.76. The summed E-state index contributed by atoms with van der Waals surface area (Å²) in [6, 6.07) is 6.77. The van der Waals surface area contributed by atoms with Crippen LogP contribution < -0.4 is 15.8 Å². The third-order valence-corrected chi connectivity index (χ3v) is 5.94. The second-order valence-electron chi connectivity index (χ2n) is 8.19. The Morgan fingerprint density at radius 3 is 2.97 bits per heavy atom. The average Bonchev–Trinajstić information content (AvgIpc) is 3.27. The van der Waals surface area contributed by atoms with Gasteiger partial charge in [-0.3, -0.25) is 10.2 Å². The number of anilines is 2. The maximum Gasteiger partial charge on any atom is 0.246 e. The molecular formula is C24H26ClN7O3. The van der Waals surface area contributed by atoms with E-state index in [2.05, 4.69) is 27.0 Å². The maximum atomic E-state index is 12.0. The molecule has 1 aliphatic heterocycles. The molecule has 2 aromatic heterocycles. The molecule has 0 saturated carbocycles. The highest BCUT2D eigenvalue weighted by Gasteiger charge is 2.25. The molecule has 0 radical (unpaired) electrons. The number of nitrogens with two attached hydrogens (primary N) is 1. The first kappa shape index (κ1) is 24.2. The minimum atomic E-state index is -0.109. The van der Waals surface area contributed by atoms with E-state index in [9.17, 15) is 4.79 Å². The van der Waals surface area contributed by atoms with Crippen LogP contribution in [-0.2, 0) is 11.4 Å². The van der Waals surface area contributed by atoms with Crippen molar-refractivity contribution in [2.24, 2.45) is 0 Å². The number of benzene rings is 1. The average molecular weight is 496 g/mol. The monoisotopic (exact) mass is 495 g/mol. The molecule has 1 amide bonds. The second-order valence-corrected chi connectivity index (χ2v) is 8.60. The fourth-order valence-corrected chi connectivity index (χ4v) is 4.16. The number of carbonyl (C=O) groups is 1. The molecule has 4 rings (SSSR count). The minimum Gasteiger partial charge on any atom is -0.486 e. The quantitative estimate of drug-likeness (QED) is 0.317. The Balaban J connectivity index is 1.51. The molecular weight excluding hydrogens is 470 g/mol. The topological polar surface area (TPSA) is 143 Å². The number of carbonyl (C=O) groups excluding carboxylic acids is 1. The van der Waals surface area contributed by atoms with E-state index in [-0.39, 0.29) is 30.1 Å². The van der Waals surface area contributed by atoms with Gasteiger partial charge in [0.2, 0.25) is 5.91 Å². The van der Waals surface area contributed by atoms with E-state index in [1.165, 1.54) is 12.4 Å². The van der Waals surface area contributed by atoms with E-state index < -0.39 is 0 Å². The van der Waals surface area contributed by atoms with Crippen LogP contribution in [-0.4, -0.2) is 50.8 Å². The highest BCUT2D eigenvalue weighted by Crippen LogP contribution is 2.30. The van der Waals surface area contributed by atoms with Crippen LogP contribution in [0.5, 0.6) is 5.75 Å². The van der Waals surface area contributed by atoms with Gasteiger partial charge in [0.1, 0.15) is 41.8 Å². The Kier molecular flexibility index (Phi) is 7.31. The number of likely N-dealkylation sites (tertiary alicyclic amines) is 1. The lowest BCUT2D eigenvalue weighted by Gasteiger charge is -2.33. The number of aryl methyl sites for hydroxylation is 1. The summed E-state index contributed by atoms with van der Waals surface area (Å²) in [5.41, 5.74) is 7.81. The summed E-state index contributed by atoms with van der Waals surface area (Å²) in [5, 5.41) is 16.4. The number of amides is 1. The number of halogens is 1. The number of nitrogen functional groups attached to an aromatic ring is 1. The molecule has 3 heterocycles. The van der Waals surface area contributed by atoms with Crippen LogP contribution in [0.2, 0.25) is 5.02 Å². The molecule has 0 spiro atoms. The lowest BCUT2D eigenvalue weighted by atomic mass is 10.0. The number of nitrogens with zero attached hydrogens (tertiary/aromatic N) is 4. The lowest BCUT2D eigenvalue weighted by Crippen LogP contribution is -2.44. The molecule has 1 fully saturated rings. The third kappa shape index (κ3) is 5.60. The summed E-state index contributed by atoms with van der Waals surface area (Å²) in [5.74, 6) is 1.63. The number of nitrogens with one attached hydrogen (secondary N) is 2. The van der Waals surface area contributed by atoms with Crippen molar-refractivity contribution in [3.8, 4) is 5.75 Å². The van der Waals surface area contributed by atoms with Gasteiger partial charge in [-0.1, -0.05) is 23.3 Å². The van der Waals surface area contributed by atoms with Gasteiger partial charge in [0.05, 0.1) is 16.3 Å². The summed E-state index contributed by atoms with van der Waals surface area (Å²) >= 11 is 6.44. The highest BCUT2D eigenvalue weighted by molar-refractivity contribution is 6.32. The molecule has 35 heavy (non-hydrogen) atoms.